The van der Waals surface area contributed by atoms with E-state index < -0.39 is 0 Å². The first-order chi connectivity index (χ1) is 9.18. The largest absolute Gasteiger partial charge is 0.375 e. The lowest BCUT2D eigenvalue weighted by Gasteiger charge is -2.15. The molecular weight excluding hydrogens is 241 g/mol. The second-order valence-corrected chi connectivity index (χ2v) is 4.57. The van der Waals surface area contributed by atoms with Crippen LogP contribution in [0.2, 0.25) is 0 Å². The molecule has 0 aliphatic carbocycles. The van der Waals surface area contributed by atoms with E-state index in [9.17, 15) is 4.39 Å². The predicted molar refractivity (Wildman–Crippen MR) is 74.2 cm³/mol. The van der Waals surface area contributed by atoms with Gasteiger partial charge >= 0.3 is 0 Å². The molecular formula is C16H18FNO. The normalized spacial score (nSPS) is 12.4. The van der Waals surface area contributed by atoms with Gasteiger partial charge in [0.15, 0.2) is 0 Å². The van der Waals surface area contributed by atoms with Gasteiger partial charge in [0.1, 0.15) is 5.82 Å². The zero-order chi connectivity index (χ0) is 13.7. The van der Waals surface area contributed by atoms with E-state index in [-0.39, 0.29) is 18.5 Å². The van der Waals surface area contributed by atoms with Crippen molar-refractivity contribution >= 4 is 0 Å². The van der Waals surface area contributed by atoms with Gasteiger partial charge in [0.25, 0.3) is 0 Å². The molecule has 19 heavy (non-hydrogen) atoms. The standard InChI is InChI=1S/C16H18FNO/c1-12-6-2-4-8-14(12)16(18)11-19-10-13-7-3-5-9-15(13)17/h2-9,16H,10-11,18H2,1H3. The summed E-state index contributed by atoms with van der Waals surface area (Å²) in [7, 11) is 0. The molecule has 0 radical (unpaired) electrons. The van der Waals surface area contributed by atoms with E-state index in [1.54, 1.807) is 18.2 Å². The first-order valence-corrected chi connectivity index (χ1v) is 6.30. The molecule has 0 aliphatic rings. The third-order valence-electron chi connectivity index (χ3n) is 3.10. The van der Waals surface area contributed by atoms with Gasteiger partial charge in [-0.2, -0.15) is 0 Å². The molecule has 0 bridgehead atoms. The van der Waals surface area contributed by atoms with Gasteiger partial charge in [-0.1, -0.05) is 42.5 Å². The van der Waals surface area contributed by atoms with E-state index in [1.807, 2.05) is 31.2 Å². The maximum atomic E-state index is 13.4. The molecule has 0 spiro atoms. The third-order valence-corrected chi connectivity index (χ3v) is 3.10. The molecule has 0 heterocycles. The molecule has 0 saturated carbocycles. The number of aryl methyl sites for hydroxylation is 1. The van der Waals surface area contributed by atoms with Crippen molar-refractivity contribution in [2.24, 2.45) is 5.73 Å². The summed E-state index contributed by atoms with van der Waals surface area (Å²) in [4.78, 5) is 0. The molecule has 1 atom stereocenters. The summed E-state index contributed by atoms with van der Waals surface area (Å²) in [6, 6.07) is 14.4. The highest BCUT2D eigenvalue weighted by Gasteiger charge is 2.09. The SMILES string of the molecule is Cc1ccccc1C(N)COCc1ccccc1F. The van der Waals surface area contributed by atoms with Crippen LogP contribution in [-0.2, 0) is 11.3 Å². The maximum absolute atomic E-state index is 13.4. The van der Waals surface area contributed by atoms with Crippen molar-refractivity contribution in [2.75, 3.05) is 6.61 Å². The summed E-state index contributed by atoms with van der Waals surface area (Å²) in [5, 5.41) is 0. The van der Waals surface area contributed by atoms with Crippen molar-refractivity contribution in [1.29, 1.82) is 0 Å². The van der Waals surface area contributed by atoms with Crippen LogP contribution >= 0.6 is 0 Å². The summed E-state index contributed by atoms with van der Waals surface area (Å²) in [5.74, 6) is -0.244. The molecule has 0 amide bonds. The van der Waals surface area contributed by atoms with Crippen LogP contribution in [0.1, 0.15) is 22.7 Å². The number of hydrogen-bond donors (Lipinski definition) is 1. The number of benzene rings is 2. The quantitative estimate of drug-likeness (QED) is 0.893. The number of nitrogens with two attached hydrogens (primary N) is 1. The lowest BCUT2D eigenvalue weighted by Crippen LogP contribution is -2.18. The lowest BCUT2D eigenvalue weighted by molar-refractivity contribution is 0.105. The van der Waals surface area contributed by atoms with Crippen molar-refractivity contribution < 1.29 is 9.13 Å². The van der Waals surface area contributed by atoms with E-state index in [2.05, 4.69) is 0 Å². The Morgan fingerprint density at radius 1 is 1.11 bits per heavy atom. The summed E-state index contributed by atoms with van der Waals surface area (Å²) >= 11 is 0. The van der Waals surface area contributed by atoms with E-state index in [0.29, 0.717) is 12.2 Å². The first-order valence-electron chi connectivity index (χ1n) is 6.30. The Kier molecular flexibility index (Phi) is 4.66. The van der Waals surface area contributed by atoms with Gasteiger partial charge in [0.05, 0.1) is 19.3 Å². The monoisotopic (exact) mass is 259 g/mol. The fourth-order valence-corrected chi connectivity index (χ4v) is 2.00. The van der Waals surface area contributed by atoms with Crippen molar-refractivity contribution in [1.82, 2.24) is 0 Å². The molecule has 2 rings (SSSR count). The molecule has 0 fully saturated rings. The maximum Gasteiger partial charge on any atom is 0.128 e. The molecule has 3 heteroatoms. The van der Waals surface area contributed by atoms with Crippen LogP contribution in [0.4, 0.5) is 4.39 Å². The lowest BCUT2D eigenvalue weighted by atomic mass is 10.0. The molecule has 1 unspecified atom stereocenters. The van der Waals surface area contributed by atoms with Crippen LogP contribution < -0.4 is 5.73 Å². The highest BCUT2D eigenvalue weighted by Crippen LogP contribution is 2.16. The van der Waals surface area contributed by atoms with Gasteiger partial charge < -0.3 is 10.5 Å². The average molecular weight is 259 g/mol. The molecule has 2 aromatic rings. The highest BCUT2D eigenvalue weighted by molar-refractivity contribution is 5.28. The third kappa shape index (κ3) is 3.63. The van der Waals surface area contributed by atoms with Crippen LogP contribution in [-0.4, -0.2) is 6.61 Å². The van der Waals surface area contributed by atoms with Gasteiger partial charge in [-0.05, 0) is 24.1 Å². The Morgan fingerprint density at radius 2 is 1.79 bits per heavy atom. The minimum Gasteiger partial charge on any atom is -0.375 e. The number of rotatable bonds is 5. The molecule has 100 valence electrons. The van der Waals surface area contributed by atoms with Crippen molar-refractivity contribution in [2.45, 2.75) is 19.6 Å². The molecule has 0 aliphatic heterocycles. The Morgan fingerprint density at radius 3 is 2.53 bits per heavy atom. The summed E-state index contributed by atoms with van der Waals surface area (Å²) in [6.45, 7) is 2.64. The average Bonchev–Trinajstić information content (AvgIpc) is 2.41. The smallest absolute Gasteiger partial charge is 0.128 e. The minimum absolute atomic E-state index is 0.187. The van der Waals surface area contributed by atoms with Gasteiger partial charge in [0, 0.05) is 5.56 Å². The van der Waals surface area contributed by atoms with E-state index >= 15 is 0 Å². The van der Waals surface area contributed by atoms with Crippen LogP contribution in [0.5, 0.6) is 0 Å². The van der Waals surface area contributed by atoms with E-state index in [1.165, 1.54) is 6.07 Å². The molecule has 0 saturated heterocycles. The number of hydrogen-bond acceptors (Lipinski definition) is 2. The second kappa shape index (κ2) is 6.45. The van der Waals surface area contributed by atoms with E-state index in [0.717, 1.165) is 11.1 Å². The van der Waals surface area contributed by atoms with Gasteiger partial charge in [-0.3, -0.25) is 0 Å². The Labute approximate surface area is 113 Å². The van der Waals surface area contributed by atoms with Crippen LogP contribution in [0.3, 0.4) is 0 Å². The minimum atomic E-state index is -0.244. The van der Waals surface area contributed by atoms with Crippen LogP contribution in [0.25, 0.3) is 0 Å². The number of ether oxygens (including phenoxy) is 1. The summed E-state index contributed by atoms with van der Waals surface area (Å²) in [5.41, 5.74) is 8.84. The van der Waals surface area contributed by atoms with Gasteiger partial charge in [0.2, 0.25) is 0 Å². The molecule has 2 N–H and O–H groups in total. The topological polar surface area (TPSA) is 35.2 Å². The zero-order valence-corrected chi connectivity index (χ0v) is 11.0. The fraction of sp³-hybridized carbons (Fsp3) is 0.250. The first kappa shape index (κ1) is 13.7. The van der Waals surface area contributed by atoms with Crippen molar-refractivity contribution in [3.8, 4) is 0 Å². The predicted octanol–water partition coefficient (Wildman–Crippen LogP) is 3.35. The second-order valence-electron chi connectivity index (χ2n) is 4.57. The van der Waals surface area contributed by atoms with E-state index in [4.69, 9.17) is 10.5 Å². The van der Waals surface area contributed by atoms with Crippen molar-refractivity contribution in [3.63, 3.8) is 0 Å². The van der Waals surface area contributed by atoms with Gasteiger partial charge in [-0.25, -0.2) is 4.39 Å². The zero-order valence-electron chi connectivity index (χ0n) is 11.0. The van der Waals surface area contributed by atoms with Crippen molar-refractivity contribution in [3.05, 3.63) is 71.0 Å². The molecule has 2 aromatic carbocycles. The number of halogens is 1. The van der Waals surface area contributed by atoms with Gasteiger partial charge in [-0.15, -0.1) is 0 Å². The summed E-state index contributed by atoms with van der Waals surface area (Å²) < 4.78 is 18.9. The van der Waals surface area contributed by atoms with Crippen LogP contribution in [0, 0.1) is 12.7 Å². The Hall–Kier alpha value is -1.71. The Bertz CT molecular complexity index is 542. The molecule has 2 nitrogen and oxygen atoms in total. The molecule has 0 aromatic heterocycles. The summed E-state index contributed by atoms with van der Waals surface area (Å²) in [6.07, 6.45) is 0. The van der Waals surface area contributed by atoms with Crippen LogP contribution in [0.15, 0.2) is 48.5 Å². The Balaban J connectivity index is 1.90. The highest BCUT2D eigenvalue weighted by atomic mass is 19.1. The fourth-order valence-electron chi connectivity index (χ4n) is 2.00.